The van der Waals surface area contributed by atoms with Crippen LogP contribution in [0, 0.1) is 10.8 Å². The maximum absolute atomic E-state index is 7.90. The van der Waals surface area contributed by atoms with Crippen molar-refractivity contribution in [3.8, 4) is 11.5 Å². The third-order valence-corrected chi connectivity index (χ3v) is 7.31. The number of pyridine rings is 2. The lowest BCUT2D eigenvalue weighted by molar-refractivity contribution is 0.379. The summed E-state index contributed by atoms with van der Waals surface area (Å²) in [4.78, 5) is 12.5. The molecule has 0 unspecified atom stereocenters. The summed E-state index contributed by atoms with van der Waals surface area (Å²) < 4.78 is 10.7. The van der Waals surface area contributed by atoms with Crippen molar-refractivity contribution >= 4 is 35.4 Å². The second kappa shape index (κ2) is 16.7. The first-order valence-electron chi connectivity index (χ1n) is 11.8. The van der Waals surface area contributed by atoms with Crippen LogP contribution in [0.5, 0.6) is 11.5 Å². The molecule has 0 aliphatic heterocycles. The minimum Gasteiger partial charge on any atom is -0.495 e. The third kappa shape index (κ3) is 10.4. The molecule has 0 amide bonds. The molecule has 0 saturated carbocycles. The molecule has 6 N–H and O–H groups in total. The van der Waals surface area contributed by atoms with E-state index in [1.54, 1.807) is 50.1 Å². The van der Waals surface area contributed by atoms with Gasteiger partial charge in [0.05, 0.1) is 25.6 Å². The Bertz CT molecular complexity index is 874. The molecule has 2 aromatic rings. The predicted octanol–water partition coefficient (Wildman–Crippen LogP) is 2.83. The standard InChI is InChI=1S/C24H38N8O2S2/c1-33-21-7-5-9-29-19(21)17-35-15-13-31(23(25)26)11-3-4-12-32(24(27)28)14-16-36-18-20-22(34-2)8-6-10-30-20/h5-10H,3-4,11-18H2,1-2H3,(H3,25,26)(H3,27,28). The minimum atomic E-state index is 0.0794. The van der Waals surface area contributed by atoms with Crippen LogP contribution < -0.4 is 20.9 Å². The number of rotatable bonds is 17. The Morgan fingerprint density at radius 3 is 1.56 bits per heavy atom. The Balaban J connectivity index is 1.66. The molecule has 2 rings (SSSR count). The van der Waals surface area contributed by atoms with Gasteiger partial charge in [-0.1, -0.05) is 0 Å². The molecule has 0 aromatic carbocycles. The fourth-order valence-electron chi connectivity index (χ4n) is 3.43. The predicted molar refractivity (Wildman–Crippen MR) is 150 cm³/mol. The summed E-state index contributed by atoms with van der Waals surface area (Å²) in [6, 6.07) is 7.53. The van der Waals surface area contributed by atoms with Crippen molar-refractivity contribution in [1.82, 2.24) is 19.8 Å². The summed E-state index contributed by atoms with van der Waals surface area (Å²) >= 11 is 3.48. The van der Waals surface area contributed by atoms with Crippen LogP contribution in [0.2, 0.25) is 0 Å². The second-order valence-electron chi connectivity index (χ2n) is 7.86. The van der Waals surface area contributed by atoms with Gasteiger partial charge in [0, 0.05) is 61.6 Å². The van der Waals surface area contributed by atoms with E-state index in [4.69, 9.17) is 31.8 Å². The maximum atomic E-state index is 7.90. The lowest BCUT2D eigenvalue weighted by atomic mass is 10.2. The van der Waals surface area contributed by atoms with Gasteiger partial charge in [-0.2, -0.15) is 23.5 Å². The van der Waals surface area contributed by atoms with E-state index in [1.807, 2.05) is 34.1 Å². The molecule has 12 heteroatoms. The van der Waals surface area contributed by atoms with Crippen molar-refractivity contribution in [2.45, 2.75) is 24.3 Å². The molecular weight excluding hydrogens is 496 g/mol. The van der Waals surface area contributed by atoms with Gasteiger partial charge < -0.3 is 30.7 Å². The van der Waals surface area contributed by atoms with Gasteiger partial charge in [-0.25, -0.2) is 0 Å². The van der Waals surface area contributed by atoms with Crippen LogP contribution in [0.1, 0.15) is 24.2 Å². The Morgan fingerprint density at radius 1 is 0.778 bits per heavy atom. The fourth-order valence-corrected chi connectivity index (χ4v) is 5.24. The molecule has 36 heavy (non-hydrogen) atoms. The first-order chi connectivity index (χ1) is 17.5. The molecule has 2 heterocycles. The van der Waals surface area contributed by atoms with Crippen molar-refractivity contribution < 1.29 is 9.47 Å². The highest BCUT2D eigenvalue weighted by Gasteiger charge is 2.11. The zero-order valence-electron chi connectivity index (χ0n) is 21.1. The number of aromatic nitrogens is 2. The minimum absolute atomic E-state index is 0.0794. The van der Waals surface area contributed by atoms with Crippen molar-refractivity contribution in [1.29, 1.82) is 10.8 Å². The van der Waals surface area contributed by atoms with Gasteiger partial charge in [-0.05, 0) is 37.1 Å². The lowest BCUT2D eigenvalue weighted by Crippen LogP contribution is -2.40. The van der Waals surface area contributed by atoms with Crippen LogP contribution in [0.25, 0.3) is 0 Å². The number of thioether (sulfide) groups is 2. The molecule has 0 aliphatic rings. The average Bonchev–Trinajstić information content (AvgIpc) is 2.88. The van der Waals surface area contributed by atoms with Gasteiger partial charge >= 0.3 is 0 Å². The summed E-state index contributed by atoms with van der Waals surface area (Å²) in [5, 5.41) is 15.8. The highest BCUT2D eigenvalue weighted by Crippen LogP contribution is 2.21. The van der Waals surface area contributed by atoms with E-state index >= 15 is 0 Å². The molecule has 10 nitrogen and oxygen atoms in total. The van der Waals surface area contributed by atoms with Gasteiger partial charge in [-0.15, -0.1) is 0 Å². The average molecular weight is 535 g/mol. The number of unbranched alkanes of at least 4 members (excludes halogenated alkanes) is 1. The summed E-state index contributed by atoms with van der Waals surface area (Å²) in [6.07, 6.45) is 5.25. The number of methoxy groups -OCH3 is 2. The molecule has 2 aromatic heterocycles. The van der Waals surface area contributed by atoms with Gasteiger partial charge in [0.25, 0.3) is 0 Å². The van der Waals surface area contributed by atoms with Gasteiger partial charge in [0.15, 0.2) is 11.9 Å². The molecule has 198 valence electrons. The van der Waals surface area contributed by atoms with Gasteiger partial charge in [0.2, 0.25) is 0 Å². The number of guanidine groups is 2. The molecule has 0 saturated heterocycles. The zero-order valence-corrected chi connectivity index (χ0v) is 22.7. The van der Waals surface area contributed by atoms with Crippen molar-refractivity contribution in [3.05, 3.63) is 48.0 Å². The molecule has 0 radical (unpaired) electrons. The Kier molecular flexibility index (Phi) is 13.7. The topological polar surface area (TPSA) is 150 Å². The summed E-state index contributed by atoms with van der Waals surface area (Å²) in [7, 11) is 3.29. The normalized spacial score (nSPS) is 10.6. The second-order valence-corrected chi connectivity index (χ2v) is 10.1. The molecule has 0 fully saturated rings. The number of ether oxygens (including phenoxy) is 2. The number of nitrogens with one attached hydrogen (secondary N) is 2. The van der Waals surface area contributed by atoms with Gasteiger partial charge in [0.1, 0.15) is 11.5 Å². The molecule has 0 aliphatic carbocycles. The van der Waals surface area contributed by atoms with E-state index in [2.05, 4.69) is 9.97 Å². The Hall–Kier alpha value is -2.86. The first-order valence-corrected chi connectivity index (χ1v) is 14.1. The van der Waals surface area contributed by atoms with E-state index in [1.165, 1.54) is 0 Å². The summed E-state index contributed by atoms with van der Waals surface area (Å²) in [5.41, 5.74) is 13.4. The van der Waals surface area contributed by atoms with Gasteiger partial charge in [-0.3, -0.25) is 20.8 Å². The highest BCUT2D eigenvalue weighted by atomic mass is 32.2. The third-order valence-electron chi connectivity index (χ3n) is 5.41. The monoisotopic (exact) mass is 534 g/mol. The zero-order chi connectivity index (χ0) is 26.2. The Labute approximate surface area is 222 Å². The number of hydrogen-bond donors (Lipinski definition) is 4. The van der Waals surface area contributed by atoms with Crippen LogP contribution >= 0.6 is 23.5 Å². The summed E-state index contributed by atoms with van der Waals surface area (Å²) in [6.45, 7) is 2.78. The molecule has 0 spiro atoms. The van der Waals surface area contributed by atoms with Crippen LogP contribution in [0.3, 0.4) is 0 Å². The molecular formula is C24H38N8O2S2. The van der Waals surface area contributed by atoms with Crippen LogP contribution in [-0.2, 0) is 11.5 Å². The van der Waals surface area contributed by atoms with Crippen molar-refractivity contribution in [2.24, 2.45) is 11.5 Å². The van der Waals surface area contributed by atoms with Crippen molar-refractivity contribution in [3.63, 3.8) is 0 Å². The van der Waals surface area contributed by atoms with E-state index in [9.17, 15) is 0 Å². The SMILES string of the molecule is COc1cccnc1CSCCN(CCCCN(CCSCc1ncccc1OC)C(=N)N)C(=N)N. The number of nitrogens with zero attached hydrogens (tertiary/aromatic N) is 4. The Morgan fingerprint density at radius 2 is 1.19 bits per heavy atom. The van der Waals surface area contributed by atoms with E-state index in [0.717, 1.165) is 58.7 Å². The van der Waals surface area contributed by atoms with Crippen LogP contribution in [-0.4, -0.2) is 83.6 Å². The number of hydrogen-bond acceptors (Lipinski definition) is 8. The number of nitrogens with two attached hydrogens (primary N) is 2. The maximum Gasteiger partial charge on any atom is 0.188 e. The van der Waals surface area contributed by atoms with Crippen LogP contribution in [0.15, 0.2) is 36.7 Å². The van der Waals surface area contributed by atoms with Crippen molar-refractivity contribution in [2.75, 3.05) is 51.9 Å². The first kappa shape index (κ1) is 29.4. The smallest absolute Gasteiger partial charge is 0.188 e. The summed E-state index contributed by atoms with van der Waals surface area (Å²) in [5.74, 6) is 4.89. The molecule has 0 atom stereocenters. The largest absolute Gasteiger partial charge is 0.495 e. The molecule has 0 bridgehead atoms. The van der Waals surface area contributed by atoms with E-state index in [0.29, 0.717) is 26.2 Å². The highest BCUT2D eigenvalue weighted by molar-refractivity contribution is 7.98. The van der Waals surface area contributed by atoms with E-state index < -0.39 is 0 Å². The van der Waals surface area contributed by atoms with E-state index in [-0.39, 0.29) is 11.9 Å². The quantitative estimate of drug-likeness (QED) is 0.135. The lowest BCUT2D eigenvalue weighted by Gasteiger charge is -2.25. The fraction of sp³-hybridized carbons (Fsp3) is 0.500. The van der Waals surface area contributed by atoms with Crippen LogP contribution in [0.4, 0.5) is 0 Å².